The van der Waals surface area contributed by atoms with Gasteiger partial charge in [-0.05, 0) is 47.5 Å². The Kier molecular flexibility index (Phi) is 4.71. The molecule has 0 fully saturated rings. The number of aromatic nitrogens is 2. The Bertz CT molecular complexity index is 1390. The van der Waals surface area contributed by atoms with Gasteiger partial charge in [0, 0.05) is 18.8 Å². The molecule has 2 heterocycles. The molecule has 0 saturated carbocycles. The molecule has 1 aromatic heterocycles. The summed E-state index contributed by atoms with van der Waals surface area (Å²) in [5.41, 5.74) is 3.67. The number of sulfonamides is 1. The van der Waals surface area contributed by atoms with Crippen LogP contribution in [-0.2, 0) is 10.0 Å². The maximum absolute atomic E-state index is 13.4. The van der Waals surface area contributed by atoms with Crippen LogP contribution in [0.3, 0.4) is 0 Å². The second kappa shape index (κ2) is 7.55. The van der Waals surface area contributed by atoms with Gasteiger partial charge in [-0.3, -0.25) is 9.97 Å². The predicted molar refractivity (Wildman–Crippen MR) is 115 cm³/mol. The quantitative estimate of drug-likeness (QED) is 0.482. The van der Waals surface area contributed by atoms with E-state index in [4.69, 9.17) is 0 Å². The molecule has 4 aromatic rings. The van der Waals surface area contributed by atoms with Crippen molar-refractivity contribution in [3.63, 3.8) is 0 Å². The van der Waals surface area contributed by atoms with Crippen molar-refractivity contribution in [1.29, 1.82) is 0 Å². The summed E-state index contributed by atoms with van der Waals surface area (Å²) in [6.07, 6.45) is 3.61. The van der Waals surface area contributed by atoms with Crippen LogP contribution in [0.1, 0.15) is 23.6 Å². The number of fused-ring (bicyclic) bond motifs is 1. The van der Waals surface area contributed by atoms with Crippen LogP contribution >= 0.6 is 0 Å². The monoisotopic (exact) mass is 432 g/mol. The second-order valence-corrected chi connectivity index (χ2v) is 8.96. The molecule has 1 aliphatic rings. The second-order valence-electron chi connectivity index (χ2n) is 7.17. The molecule has 31 heavy (non-hydrogen) atoms. The highest BCUT2D eigenvalue weighted by molar-refractivity contribution is 7.89. The van der Waals surface area contributed by atoms with Crippen molar-refractivity contribution in [2.24, 2.45) is 5.10 Å². The summed E-state index contributed by atoms with van der Waals surface area (Å²) in [4.78, 5) is 8.60. The largest absolute Gasteiger partial charge is 0.279 e. The number of benzene rings is 3. The van der Waals surface area contributed by atoms with Crippen LogP contribution < -0.4 is 0 Å². The summed E-state index contributed by atoms with van der Waals surface area (Å²) >= 11 is 0. The summed E-state index contributed by atoms with van der Waals surface area (Å²) in [5, 5.41) is 4.50. The Morgan fingerprint density at radius 3 is 2.32 bits per heavy atom. The zero-order valence-corrected chi connectivity index (χ0v) is 17.1. The highest BCUT2D eigenvalue weighted by atomic mass is 32.2. The average Bonchev–Trinajstić information content (AvgIpc) is 3.26. The van der Waals surface area contributed by atoms with Gasteiger partial charge in [0.05, 0.1) is 27.7 Å². The average molecular weight is 432 g/mol. The van der Waals surface area contributed by atoms with E-state index in [-0.39, 0.29) is 4.90 Å². The van der Waals surface area contributed by atoms with E-state index in [0.29, 0.717) is 17.6 Å². The first kappa shape index (κ1) is 19.3. The number of hydrogen-bond acceptors (Lipinski definition) is 5. The minimum atomic E-state index is -4.00. The molecule has 5 rings (SSSR count). The maximum Gasteiger partial charge on any atom is 0.279 e. The number of halogens is 1. The van der Waals surface area contributed by atoms with Crippen molar-refractivity contribution in [3.8, 4) is 0 Å². The van der Waals surface area contributed by atoms with Gasteiger partial charge < -0.3 is 0 Å². The molecule has 0 bridgehead atoms. The van der Waals surface area contributed by atoms with Gasteiger partial charge in [-0.2, -0.15) is 17.9 Å². The SMILES string of the molecule is O=S(=O)(c1ccc(F)cc1)N1N=C(c2ccccc2)C[C@H]1c1ccc2nccnc2c1. The van der Waals surface area contributed by atoms with E-state index in [1.165, 1.54) is 12.1 Å². The van der Waals surface area contributed by atoms with Gasteiger partial charge in [-0.1, -0.05) is 36.4 Å². The molecule has 0 amide bonds. The molecular formula is C23H17FN4O2S. The Labute approximate surface area is 178 Å². The Balaban J connectivity index is 1.62. The van der Waals surface area contributed by atoms with Crippen LogP contribution in [0.2, 0.25) is 0 Å². The lowest BCUT2D eigenvalue weighted by atomic mass is 9.99. The van der Waals surface area contributed by atoms with Crippen molar-refractivity contribution in [2.45, 2.75) is 17.4 Å². The third-order valence-electron chi connectivity index (χ3n) is 5.22. The lowest BCUT2D eigenvalue weighted by Crippen LogP contribution is -2.27. The topological polar surface area (TPSA) is 75.5 Å². The molecule has 1 atom stereocenters. The van der Waals surface area contributed by atoms with Gasteiger partial charge in [0.1, 0.15) is 5.82 Å². The van der Waals surface area contributed by atoms with Crippen LogP contribution in [-0.4, -0.2) is 28.5 Å². The summed E-state index contributed by atoms with van der Waals surface area (Å²) in [6.45, 7) is 0. The van der Waals surface area contributed by atoms with Gasteiger partial charge in [-0.25, -0.2) is 4.39 Å². The van der Waals surface area contributed by atoms with Crippen LogP contribution in [0.25, 0.3) is 11.0 Å². The standard InChI is InChI=1S/C23H17FN4O2S/c24-18-7-9-19(10-8-18)31(29,30)28-23(15-21(27-28)16-4-2-1-3-5-16)17-6-11-20-22(14-17)26-13-12-25-20/h1-14,23H,15H2/t23-/m0/s1. The van der Waals surface area contributed by atoms with Gasteiger partial charge in [0.15, 0.2) is 0 Å². The molecule has 0 N–H and O–H groups in total. The lowest BCUT2D eigenvalue weighted by Gasteiger charge is -2.23. The molecule has 0 saturated heterocycles. The van der Waals surface area contributed by atoms with Gasteiger partial charge in [0.2, 0.25) is 0 Å². The number of rotatable bonds is 4. The van der Waals surface area contributed by atoms with E-state index in [1.54, 1.807) is 12.4 Å². The summed E-state index contributed by atoms with van der Waals surface area (Å²) < 4.78 is 41.4. The normalized spacial score (nSPS) is 16.5. The molecule has 0 unspecified atom stereocenters. The molecule has 0 aliphatic carbocycles. The fraction of sp³-hybridized carbons (Fsp3) is 0.0870. The van der Waals surface area contributed by atoms with Gasteiger partial charge in [0.25, 0.3) is 10.0 Å². The van der Waals surface area contributed by atoms with E-state index >= 15 is 0 Å². The zero-order valence-electron chi connectivity index (χ0n) is 16.3. The Hall–Kier alpha value is -3.65. The molecule has 8 heteroatoms. The zero-order chi connectivity index (χ0) is 21.4. The van der Waals surface area contributed by atoms with Gasteiger partial charge >= 0.3 is 0 Å². The first-order valence-electron chi connectivity index (χ1n) is 9.66. The fourth-order valence-electron chi connectivity index (χ4n) is 3.67. The summed E-state index contributed by atoms with van der Waals surface area (Å²) in [6, 6.07) is 19.2. The van der Waals surface area contributed by atoms with E-state index in [9.17, 15) is 12.8 Å². The van der Waals surface area contributed by atoms with Crippen molar-refractivity contribution in [1.82, 2.24) is 14.4 Å². The van der Waals surface area contributed by atoms with Crippen LogP contribution in [0.15, 0.2) is 95.2 Å². The molecule has 3 aromatic carbocycles. The van der Waals surface area contributed by atoms with Crippen LogP contribution in [0.5, 0.6) is 0 Å². The third-order valence-corrected chi connectivity index (χ3v) is 6.91. The van der Waals surface area contributed by atoms with Crippen LogP contribution in [0, 0.1) is 5.82 Å². The lowest BCUT2D eigenvalue weighted by molar-refractivity contribution is 0.371. The van der Waals surface area contributed by atoms with Gasteiger partial charge in [-0.15, -0.1) is 0 Å². The van der Waals surface area contributed by atoms with E-state index in [0.717, 1.165) is 33.2 Å². The van der Waals surface area contributed by atoms with Crippen LogP contribution in [0.4, 0.5) is 4.39 Å². The third kappa shape index (κ3) is 3.55. The Morgan fingerprint density at radius 2 is 1.58 bits per heavy atom. The highest BCUT2D eigenvalue weighted by Gasteiger charge is 2.37. The van der Waals surface area contributed by atoms with Crippen molar-refractivity contribution in [2.75, 3.05) is 0 Å². The molecule has 0 radical (unpaired) electrons. The smallest absolute Gasteiger partial charge is 0.253 e. The summed E-state index contributed by atoms with van der Waals surface area (Å²) in [7, 11) is -4.00. The molecule has 154 valence electrons. The first-order chi connectivity index (χ1) is 15.0. The number of hydrazone groups is 1. The van der Waals surface area contributed by atoms with Crippen molar-refractivity contribution >= 4 is 26.8 Å². The molecule has 1 aliphatic heterocycles. The van der Waals surface area contributed by atoms with Crippen molar-refractivity contribution in [3.05, 3.63) is 102 Å². The predicted octanol–water partition coefficient (Wildman–Crippen LogP) is 4.31. The number of nitrogens with zero attached hydrogens (tertiary/aromatic N) is 4. The molecule has 6 nitrogen and oxygen atoms in total. The minimum absolute atomic E-state index is 0.0162. The van der Waals surface area contributed by atoms with Crippen molar-refractivity contribution < 1.29 is 12.8 Å². The minimum Gasteiger partial charge on any atom is -0.253 e. The highest BCUT2D eigenvalue weighted by Crippen LogP contribution is 2.37. The fourth-order valence-corrected chi connectivity index (χ4v) is 5.10. The van der Waals surface area contributed by atoms with E-state index in [1.807, 2.05) is 48.5 Å². The Morgan fingerprint density at radius 1 is 0.871 bits per heavy atom. The first-order valence-corrected chi connectivity index (χ1v) is 11.1. The van der Waals surface area contributed by atoms with E-state index < -0.39 is 21.9 Å². The maximum atomic E-state index is 13.4. The molecule has 0 spiro atoms. The summed E-state index contributed by atoms with van der Waals surface area (Å²) in [5.74, 6) is -0.501. The molecular weight excluding hydrogens is 415 g/mol. The van der Waals surface area contributed by atoms with E-state index in [2.05, 4.69) is 15.1 Å². The number of hydrogen-bond donors (Lipinski definition) is 0.